The fraction of sp³-hybridized carbons (Fsp3) is 0. The molecule has 0 aromatic heterocycles. The van der Waals surface area contributed by atoms with Crippen LogP contribution in [-0.4, -0.2) is 17.7 Å². The monoisotopic (exact) mass is 299 g/mol. The number of hydrogen-bond donors (Lipinski definition) is 2. The van der Waals surface area contributed by atoms with Crippen molar-refractivity contribution in [1.82, 2.24) is 0 Å². The Labute approximate surface area is 136 Å². The van der Waals surface area contributed by atoms with Crippen LogP contribution in [0.1, 0.15) is 0 Å². The van der Waals surface area contributed by atoms with E-state index in [2.05, 4.69) is 84.9 Å². The van der Waals surface area contributed by atoms with Gasteiger partial charge < -0.3 is 10.0 Å². The molecule has 0 aliphatic rings. The predicted octanol–water partition coefficient (Wildman–Crippen LogP) is 4.17. The Morgan fingerprint density at radius 3 is 1.52 bits per heavy atom. The largest absolute Gasteiger partial charge is 0.482 e. The third kappa shape index (κ3) is 3.11. The van der Waals surface area contributed by atoms with E-state index in [4.69, 9.17) is 10.0 Å². The third-order valence-corrected chi connectivity index (χ3v) is 3.83. The normalized spacial score (nSPS) is 10.2. The Morgan fingerprint density at radius 1 is 0.565 bits per heavy atom. The van der Waals surface area contributed by atoms with Gasteiger partial charge in [0.25, 0.3) is 0 Å². The molecule has 1 radical (unpaired) electrons. The van der Waals surface area contributed by atoms with Crippen LogP contribution < -0.4 is 0 Å². The molecule has 0 saturated heterocycles. The SMILES string of the molecule is O[B]O.c1ccc(-c2c3ccccc3cc3ccccc23)cc1. The topological polar surface area (TPSA) is 40.5 Å². The number of fused-ring (bicyclic) bond motifs is 2. The average Bonchev–Trinajstić information content (AvgIpc) is 2.61. The van der Waals surface area contributed by atoms with Crippen LogP contribution in [0.3, 0.4) is 0 Å². The molecule has 2 N–H and O–H groups in total. The summed E-state index contributed by atoms with van der Waals surface area (Å²) in [5.41, 5.74) is 2.61. The van der Waals surface area contributed by atoms with E-state index < -0.39 is 0 Å². The first-order chi connectivity index (χ1) is 11.3. The van der Waals surface area contributed by atoms with E-state index in [0.29, 0.717) is 0 Å². The fourth-order valence-corrected chi connectivity index (χ4v) is 2.93. The van der Waals surface area contributed by atoms with Crippen molar-refractivity contribution in [2.75, 3.05) is 0 Å². The van der Waals surface area contributed by atoms with Crippen LogP contribution in [0.2, 0.25) is 0 Å². The van der Waals surface area contributed by atoms with E-state index in [9.17, 15) is 0 Å². The highest BCUT2D eigenvalue weighted by atomic mass is 16.4. The summed E-state index contributed by atoms with van der Waals surface area (Å²) in [7, 11) is 0. The van der Waals surface area contributed by atoms with Crippen LogP contribution in [0.5, 0.6) is 0 Å². The summed E-state index contributed by atoms with van der Waals surface area (Å²) in [6, 6.07) is 30.2. The van der Waals surface area contributed by atoms with Crippen molar-refractivity contribution in [2.24, 2.45) is 0 Å². The highest BCUT2D eigenvalue weighted by Gasteiger charge is 2.08. The van der Waals surface area contributed by atoms with Crippen molar-refractivity contribution < 1.29 is 10.0 Å². The van der Waals surface area contributed by atoms with Gasteiger partial charge in [0, 0.05) is 0 Å². The lowest BCUT2D eigenvalue weighted by atomic mass is 9.92. The van der Waals surface area contributed by atoms with Crippen molar-refractivity contribution in [2.45, 2.75) is 0 Å². The molecular weight excluding hydrogens is 283 g/mol. The van der Waals surface area contributed by atoms with Crippen LogP contribution in [-0.2, 0) is 0 Å². The Morgan fingerprint density at radius 2 is 1.00 bits per heavy atom. The second-order valence-corrected chi connectivity index (χ2v) is 5.18. The van der Waals surface area contributed by atoms with Gasteiger partial charge in [0.1, 0.15) is 0 Å². The molecule has 111 valence electrons. The summed E-state index contributed by atoms with van der Waals surface area (Å²) in [6.45, 7) is 0. The van der Waals surface area contributed by atoms with Gasteiger partial charge in [-0.2, -0.15) is 0 Å². The van der Waals surface area contributed by atoms with Gasteiger partial charge in [-0.1, -0.05) is 78.9 Å². The molecule has 0 unspecified atom stereocenters. The zero-order valence-electron chi connectivity index (χ0n) is 12.6. The lowest BCUT2D eigenvalue weighted by Crippen LogP contribution is -1.84. The van der Waals surface area contributed by atoms with Gasteiger partial charge in [-0.05, 0) is 38.7 Å². The van der Waals surface area contributed by atoms with Crippen LogP contribution in [0.25, 0.3) is 32.7 Å². The highest BCUT2D eigenvalue weighted by Crippen LogP contribution is 2.35. The average molecular weight is 299 g/mol. The van der Waals surface area contributed by atoms with Gasteiger partial charge in [-0.25, -0.2) is 0 Å². The zero-order valence-corrected chi connectivity index (χ0v) is 12.6. The molecule has 0 heterocycles. The maximum absolute atomic E-state index is 7.00. The summed E-state index contributed by atoms with van der Waals surface area (Å²) < 4.78 is 0. The second-order valence-electron chi connectivity index (χ2n) is 5.18. The number of rotatable bonds is 1. The molecule has 4 aromatic rings. The lowest BCUT2D eigenvalue weighted by Gasteiger charge is -2.11. The molecule has 0 spiro atoms. The number of benzene rings is 4. The first kappa shape index (κ1) is 15.3. The first-order valence-electron chi connectivity index (χ1n) is 7.41. The van der Waals surface area contributed by atoms with Crippen molar-refractivity contribution in [3.05, 3.63) is 84.9 Å². The molecule has 2 nitrogen and oxygen atoms in total. The molecule has 3 heteroatoms. The molecule has 0 bridgehead atoms. The Kier molecular flexibility index (Phi) is 4.72. The summed E-state index contributed by atoms with van der Waals surface area (Å²) in [5, 5.41) is 19.2. The smallest absolute Gasteiger partial charge is 0.429 e. The van der Waals surface area contributed by atoms with Gasteiger partial charge in [-0.3, -0.25) is 0 Å². The van der Waals surface area contributed by atoms with Crippen LogP contribution in [0.4, 0.5) is 0 Å². The van der Waals surface area contributed by atoms with Crippen molar-refractivity contribution in [3.8, 4) is 11.1 Å². The van der Waals surface area contributed by atoms with E-state index >= 15 is 0 Å². The molecule has 0 fully saturated rings. The molecule has 4 aromatic carbocycles. The molecular formula is C20H16BO2. The van der Waals surface area contributed by atoms with E-state index in [0.717, 1.165) is 0 Å². The second kappa shape index (κ2) is 7.10. The number of hydrogen-bond acceptors (Lipinski definition) is 2. The highest BCUT2D eigenvalue weighted by molar-refractivity contribution is 6.13. The molecule has 0 amide bonds. The first-order valence-corrected chi connectivity index (χ1v) is 7.41. The minimum absolute atomic E-state index is 0. The summed E-state index contributed by atoms with van der Waals surface area (Å²) in [4.78, 5) is 0. The van der Waals surface area contributed by atoms with Crippen LogP contribution >= 0.6 is 0 Å². The fourth-order valence-electron chi connectivity index (χ4n) is 2.93. The maximum Gasteiger partial charge on any atom is 0.482 e. The molecule has 0 aliphatic heterocycles. The van der Waals surface area contributed by atoms with Crippen molar-refractivity contribution >= 4 is 29.2 Å². The summed E-state index contributed by atoms with van der Waals surface area (Å²) >= 11 is 0. The van der Waals surface area contributed by atoms with Crippen molar-refractivity contribution in [1.29, 1.82) is 0 Å². The van der Waals surface area contributed by atoms with Gasteiger partial charge in [0.15, 0.2) is 0 Å². The minimum atomic E-state index is 0. The van der Waals surface area contributed by atoms with Crippen LogP contribution in [0, 0.1) is 0 Å². The van der Waals surface area contributed by atoms with E-state index in [1.807, 2.05) is 0 Å². The predicted molar refractivity (Wildman–Crippen MR) is 97.1 cm³/mol. The Bertz CT molecular complexity index is 866. The van der Waals surface area contributed by atoms with E-state index in [1.165, 1.54) is 32.7 Å². The van der Waals surface area contributed by atoms with E-state index in [-0.39, 0.29) is 7.69 Å². The Balaban J connectivity index is 0.000000485. The maximum atomic E-state index is 7.00. The van der Waals surface area contributed by atoms with Crippen molar-refractivity contribution in [3.63, 3.8) is 0 Å². The molecule has 0 aliphatic carbocycles. The van der Waals surface area contributed by atoms with Gasteiger partial charge in [-0.15, -0.1) is 0 Å². The quantitative estimate of drug-likeness (QED) is 0.409. The third-order valence-electron chi connectivity index (χ3n) is 3.83. The van der Waals surface area contributed by atoms with E-state index in [1.54, 1.807) is 0 Å². The standard InChI is InChI=1S/C20H14.BH2O2/c1-2-8-15(9-3-1)20-18-12-6-4-10-16(18)14-17-11-5-7-13-19(17)20;2-1-3/h1-14H;2-3H. The summed E-state index contributed by atoms with van der Waals surface area (Å²) in [6.07, 6.45) is 0. The molecule has 0 atom stereocenters. The molecule has 4 rings (SSSR count). The zero-order chi connectivity index (χ0) is 16.1. The molecule has 23 heavy (non-hydrogen) atoms. The Hall–Kier alpha value is -2.62. The molecule has 0 saturated carbocycles. The summed E-state index contributed by atoms with van der Waals surface area (Å²) in [5.74, 6) is 0. The van der Waals surface area contributed by atoms with Gasteiger partial charge in [0.2, 0.25) is 0 Å². The minimum Gasteiger partial charge on any atom is -0.429 e. The van der Waals surface area contributed by atoms with Gasteiger partial charge >= 0.3 is 7.69 Å². The van der Waals surface area contributed by atoms with Gasteiger partial charge in [0.05, 0.1) is 0 Å². The van der Waals surface area contributed by atoms with Crippen LogP contribution in [0.15, 0.2) is 84.9 Å². The lowest BCUT2D eigenvalue weighted by molar-refractivity contribution is 0.448.